The van der Waals surface area contributed by atoms with Gasteiger partial charge in [-0.2, -0.15) is 0 Å². The highest BCUT2D eigenvalue weighted by molar-refractivity contribution is 6.08. The number of imidazole rings is 1. The number of aromatic nitrogens is 2. The number of nitrogens with zero attached hydrogens (tertiary/aromatic N) is 2. The minimum absolute atomic E-state index is 0.638. The zero-order valence-electron chi connectivity index (χ0n) is 18.2. The molecule has 32 heavy (non-hydrogen) atoms. The lowest BCUT2D eigenvalue weighted by Gasteiger charge is -2.12. The van der Waals surface area contributed by atoms with Crippen molar-refractivity contribution >= 4 is 11.5 Å². The van der Waals surface area contributed by atoms with Gasteiger partial charge in [0.1, 0.15) is 5.84 Å². The van der Waals surface area contributed by atoms with Crippen molar-refractivity contribution in [2.75, 3.05) is 26.1 Å². The average Bonchev–Trinajstić information content (AvgIpc) is 3.39. The van der Waals surface area contributed by atoms with E-state index in [9.17, 15) is 0 Å². The summed E-state index contributed by atoms with van der Waals surface area (Å²) in [6.07, 6.45) is 4.28. The molecule has 0 fully saturated rings. The molecule has 0 aliphatic carbocycles. The Bertz CT molecular complexity index is 1150. The third-order valence-electron chi connectivity index (χ3n) is 5.12. The highest BCUT2D eigenvalue weighted by Crippen LogP contribution is 2.27. The topological polar surface area (TPSA) is 71.5 Å². The summed E-state index contributed by atoms with van der Waals surface area (Å²) in [5.41, 5.74) is 5.23. The minimum Gasteiger partial charge on any atom is -0.493 e. The van der Waals surface area contributed by atoms with Crippen molar-refractivity contribution in [1.29, 1.82) is 0 Å². The van der Waals surface area contributed by atoms with E-state index in [2.05, 4.69) is 39.6 Å². The Morgan fingerprint density at radius 3 is 2.41 bits per heavy atom. The fourth-order valence-electron chi connectivity index (χ4n) is 3.42. The van der Waals surface area contributed by atoms with Gasteiger partial charge in [0, 0.05) is 17.8 Å². The first-order valence-corrected chi connectivity index (χ1v) is 10.4. The lowest BCUT2D eigenvalue weighted by molar-refractivity contribution is 0.354. The molecule has 1 heterocycles. The van der Waals surface area contributed by atoms with E-state index in [0.717, 1.165) is 51.8 Å². The van der Waals surface area contributed by atoms with Crippen molar-refractivity contribution < 1.29 is 9.47 Å². The van der Waals surface area contributed by atoms with Crippen LogP contribution in [-0.2, 0) is 6.42 Å². The van der Waals surface area contributed by atoms with Crippen LogP contribution < -0.4 is 14.8 Å². The van der Waals surface area contributed by atoms with Crippen molar-refractivity contribution in [2.24, 2.45) is 4.99 Å². The van der Waals surface area contributed by atoms with Crippen molar-refractivity contribution in [3.8, 4) is 22.8 Å². The van der Waals surface area contributed by atoms with Gasteiger partial charge in [0.2, 0.25) is 0 Å². The maximum absolute atomic E-state index is 5.41. The van der Waals surface area contributed by atoms with E-state index >= 15 is 0 Å². The zero-order chi connectivity index (χ0) is 22.2. The van der Waals surface area contributed by atoms with E-state index in [1.165, 1.54) is 0 Å². The average molecular weight is 427 g/mol. The minimum atomic E-state index is 0.638. The molecule has 0 radical (unpaired) electrons. The van der Waals surface area contributed by atoms with Gasteiger partial charge in [0.15, 0.2) is 11.5 Å². The Morgan fingerprint density at radius 1 is 0.938 bits per heavy atom. The Kier molecular flexibility index (Phi) is 6.82. The molecule has 2 N–H and O–H groups in total. The van der Waals surface area contributed by atoms with Crippen LogP contribution in [0.3, 0.4) is 0 Å². The molecule has 3 aromatic carbocycles. The van der Waals surface area contributed by atoms with Crippen LogP contribution in [0.2, 0.25) is 0 Å². The molecule has 0 spiro atoms. The van der Waals surface area contributed by atoms with Crippen LogP contribution >= 0.6 is 0 Å². The number of benzene rings is 3. The van der Waals surface area contributed by atoms with Gasteiger partial charge in [0.25, 0.3) is 0 Å². The fraction of sp³-hybridized carbons (Fsp3) is 0.154. The first kappa shape index (κ1) is 21.2. The Balaban J connectivity index is 1.50. The lowest BCUT2D eigenvalue weighted by Crippen LogP contribution is -2.14. The van der Waals surface area contributed by atoms with E-state index < -0.39 is 0 Å². The number of hydrogen-bond acceptors (Lipinski definition) is 4. The fourth-order valence-corrected chi connectivity index (χ4v) is 3.42. The maximum Gasteiger partial charge on any atom is 0.160 e. The van der Waals surface area contributed by atoms with E-state index in [1.807, 2.05) is 54.7 Å². The number of hydrogen-bond donors (Lipinski definition) is 2. The molecule has 6 heteroatoms. The molecule has 0 atom stereocenters. The second-order valence-corrected chi connectivity index (χ2v) is 7.20. The standard InChI is InChI=1S/C26H26N4O2/c1-31-24-13-8-19(16-25(24)32-2)14-15-28-26(21-6-4-3-5-7-21)30-22-11-9-20(10-12-22)23-17-27-18-29-23/h3-13,16-18H,14-15H2,1-2H3,(H,27,29)(H,28,30). The first-order chi connectivity index (χ1) is 15.8. The Morgan fingerprint density at radius 2 is 1.72 bits per heavy atom. The van der Waals surface area contributed by atoms with E-state index in [0.29, 0.717) is 6.54 Å². The molecule has 0 amide bonds. The van der Waals surface area contributed by atoms with Crippen molar-refractivity contribution in [1.82, 2.24) is 9.97 Å². The van der Waals surface area contributed by atoms with E-state index in [-0.39, 0.29) is 0 Å². The van der Waals surface area contributed by atoms with Crippen molar-refractivity contribution in [2.45, 2.75) is 6.42 Å². The Hall–Kier alpha value is -4.06. The van der Waals surface area contributed by atoms with Gasteiger partial charge in [-0.3, -0.25) is 4.99 Å². The van der Waals surface area contributed by atoms with Gasteiger partial charge in [-0.25, -0.2) is 4.98 Å². The number of anilines is 1. The first-order valence-electron chi connectivity index (χ1n) is 10.4. The summed E-state index contributed by atoms with van der Waals surface area (Å²) in [4.78, 5) is 12.1. The number of aromatic amines is 1. The molecule has 0 bridgehead atoms. The molecule has 0 unspecified atom stereocenters. The number of aliphatic imine (C=N–C) groups is 1. The van der Waals surface area contributed by atoms with Gasteiger partial charge in [-0.05, 0) is 41.8 Å². The molecule has 162 valence electrons. The summed E-state index contributed by atoms with van der Waals surface area (Å²) in [5.74, 6) is 2.29. The molecule has 0 aliphatic rings. The molecule has 4 aromatic rings. The smallest absolute Gasteiger partial charge is 0.160 e. The lowest BCUT2D eigenvalue weighted by atomic mass is 10.1. The molecule has 0 aliphatic heterocycles. The highest BCUT2D eigenvalue weighted by Gasteiger charge is 2.07. The molecule has 0 saturated heterocycles. The maximum atomic E-state index is 5.41. The van der Waals surface area contributed by atoms with Crippen LogP contribution in [-0.4, -0.2) is 36.6 Å². The monoisotopic (exact) mass is 426 g/mol. The summed E-state index contributed by atoms with van der Waals surface area (Å²) in [6, 6.07) is 24.3. The second kappa shape index (κ2) is 10.3. The third-order valence-corrected chi connectivity index (χ3v) is 5.12. The van der Waals surface area contributed by atoms with Gasteiger partial charge in [-0.15, -0.1) is 0 Å². The zero-order valence-corrected chi connectivity index (χ0v) is 18.2. The van der Waals surface area contributed by atoms with Crippen molar-refractivity contribution in [3.63, 3.8) is 0 Å². The van der Waals surface area contributed by atoms with Crippen LogP contribution in [0.15, 0.2) is 90.3 Å². The number of methoxy groups -OCH3 is 2. The molecular formula is C26H26N4O2. The van der Waals surface area contributed by atoms with Gasteiger partial charge < -0.3 is 19.8 Å². The third kappa shape index (κ3) is 5.16. The molecule has 4 rings (SSSR count). The molecule has 6 nitrogen and oxygen atoms in total. The van der Waals surface area contributed by atoms with Gasteiger partial charge in [-0.1, -0.05) is 48.5 Å². The van der Waals surface area contributed by atoms with Crippen LogP contribution in [0.4, 0.5) is 5.69 Å². The number of nitrogens with one attached hydrogen (secondary N) is 2. The number of ether oxygens (including phenoxy) is 2. The molecule has 1 aromatic heterocycles. The SMILES string of the molecule is COc1ccc(CCN=C(Nc2ccc(-c3cnc[nH]3)cc2)c2ccccc2)cc1OC. The summed E-state index contributed by atoms with van der Waals surface area (Å²) in [7, 11) is 3.29. The van der Waals surface area contributed by atoms with Crippen LogP contribution in [0.5, 0.6) is 11.5 Å². The predicted molar refractivity (Wildman–Crippen MR) is 129 cm³/mol. The second-order valence-electron chi connectivity index (χ2n) is 7.20. The normalized spacial score (nSPS) is 11.2. The summed E-state index contributed by atoms with van der Waals surface area (Å²) >= 11 is 0. The Labute approximate surface area is 188 Å². The van der Waals surface area contributed by atoms with Gasteiger partial charge in [0.05, 0.1) is 32.4 Å². The number of rotatable bonds is 8. The highest BCUT2D eigenvalue weighted by atomic mass is 16.5. The van der Waals surface area contributed by atoms with Crippen LogP contribution in [0, 0.1) is 0 Å². The van der Waals surface area contributed by atoms with Crippen molar-refractivity contribution in [3.05, 3.63) is 96.4 Å². The predicted octanol–water partition coefficient (Wildman–Crippen LogP) is 5.20. The molecule has 0 saturated carbocycles. The number of H-pyrrole nitrogens is 1. The van der Waals surface area contributed by atoms with E-state index in [1.54, 1.807) is 20.5 Å². The van der Waals surface area contributed by atoms with Crippen LogP contribution in [0.1, 0.15) is 11.1 Å². The molecular weight excluding hydrogens is 400 g/mol. The quantitative estimate of drug-likeness (QED) is 0.300. The number of amidine groups is 1. The summed E-state index contributed by atoms with van der Waals surface area (Å²) in [6.45, 7) is 0.638. The summed E-state index contributed by atoms with van der Waals surface area (Å²) < 4.78 is 10.7. The summed E-state index contributed by atoms with van der Waals surface area (Å²) in [5, 5.41) is 3.47. The van der Waals surface area contributed by atoms with E-state index in [4.69, 9.17) is 14.5 Å². The van der Waals surface area contributed by atoms with Crippen LogP contribution in [0.25, 0.3) is 11.3 Å². The largest absolute Gasteiger partial charge is 0.493 e. The van der Waals surface area contributed by atoms with Gasteiger partial charge >= 0.3 is 0 Å².